The van der Waals surface area contributed by atoms with Gasteiger partial charge in [0.2, 0.25) is 0 Å². The molecule has 0 aliphatic rings. The van der Waals surface area contributed by atoms with E-state index in [4.69, 9.17) is 16.0 Å². The van der Waals surface area contributed by atoms with E-state index in [1.165, 1.54) is 0 Å². The zero-order valence-electron chi connectivity index (χ0n) is 3.99. The number of rotatable bonds is 0. The van der Waals surface area contributed by atoms with Crippen LogP contribution in [0.3, 0.4) is 0 Å². The first-order chi connectivity index (χ1) is 2.00. The minimum atomic E-state index is -5.88. The van der Waals surface area contributed by atoms with Gasteiger partial charge >= 0.3 is 121 Å². The summed E-state index contributed by atoms with van der Waals surface area (Å²) in [6.45, 7) is 0. The Balaban J connectivity index is -0.0000000267. The van der Waals surface area contributed by atoms with Gasteiger partial charge in [-0.05, 0) is 0 Å². The van der Waals surface area contributed by atoms with Crippen molar-refractivity contribution in [2.24, 2.45) is 0 Å². The molecule has 0 radical (unpaired) electrons. The Hall–Kier alpha value is 2.96. The van der Waals surface area contributed by atoms with Crippen LogP contribution in [0.15, 0.2) is 0 Å². The minimum absolute atomic E-state index is 0. The van der Waals surface area contributed by atoms with Crippen LogP contribution in [-0.2, 0) is 30.9 Å². The van der Waals surface area contributed by atoms with Crippen molar-refractivity contribution >= 4 is 14.5 Å². The Morgan fingerprint density at radius 3 is 1.12 bits per heavy atom. The molecule has 8 heteroatoms. The Labute approximate surface area is 123 Å². The van der Waals surface area contributed by atoms with Gasteiger partial charge in [0, 0.05) is 0 Å². The van der Waals surface area contributed by atoms with Crippen LogP contribution >= 0.6 is 0 Å². The van der Waals surface area contributed by atoms with E-state index in [1.807, 2.05) is 0 Å². The molecule has 0 aromatic heterocycles. The number of hydrogen-bond donors (Lipinski definition) is 0. The van der Waals surface area contributed by atoms with E-state index in [2.05, 4.69) is 0 Å². The fourth-order valence-electron chi connectivity index (χ4n) is 0. The maximum absolute atomic E-state index is 8.61. The second-order valence-electron chi connectivity index (χ2n) is 0.447. The topological polar surface area (TPSA) is 115 Å². The van der Waals surface area contributed by atoms with Crippen molar-refractivity contribution in [3.05, 3.63) is 0 Å². The van der Waals surface area contributed by atoms with Crippen LogP contribution in [-0.4, -0.2) is 14.5 Å². The molecule has 0 amide bonds. The maximum atomic E-state index is 8.61. The summed E-state index contributed by atoms with van der Waals surface area (Å²) in [5.41, 5.74) is 0. The van der Waals surface area contributed by atoms with Gasteiger partial charge in [0.25, 0.3) is 0 Å². The van der Waals surface area contributed by atoms with Gasteiger partial charge < -0.3 is 5.48 Å². The van der Waals surface area contributed by atoms with Crippen molar-refractivity contribution in [3.8, 4) is 0 Å². The van der Waals surface area contributed by atoms with Crippen LogP contribution in [0.5, 0.6) is 0 Å². The Bertz CT molecular complexity index is 58.6. The molecule has 0 aromatic carbocycles. The SMILES string of the molecule is O=[As]([O-])([O-])[O-].[Cs+].[O-2].[Ti+4]. The monoisotopic (exact) mass is 336 g/mol. The van der Waals surface area contributed by atoms with Crippen LogP contribution in [0.25, 0.3) is 0 Å². The normalized spacial score (nSPS) is 7.38. The van der Waals surface area contributed by atoms with Crippen molar-refractivity contribution in [2.45, 2.75) is 0 Å². The minimum Gasteiger partial charge on any atom is -2.00 e. The molecule has 0 rings (SSSR count). The van der Waals surface area contributed by atoms with Crippen molar-refractivity contribution in [2.75, 3.05) is 0 Å². The van der Waals surface area contributed by atoms with E-state index in [0.717, 1.165) is 0 Å². The molecule has 0 N–H and O–H groups in total. The molecule has 0 spiro atoms. The number of hydrogen-bond acceptors (Lipinski definition) is 4. The molecule has 0 bridgehead atoms. The third-order valence-electron chi connectivity index (χ3n) is 0. The summed E-state index contributed by atoms with van der Waals surface area (Å²) in [7, 11) is 0. The van der Waals surface area contributed by atoms with E-state index < -0.39 is 14.5 Å². The molecule has 0 fully saturated rings. The van der Waals surface area contributed by atoms with Crippen LogP contribution < -0.4 is 81.2 Å². The molecular formula is AsCsO5Ti. The smallest absolute Gasteiger partial charge is 2.00 e. The van der Waals surface area contributed by atoms with Crippen LogP contribution in [0.1, 0.15) is 0 Å². The van der Waals surface area contributed by atoms with Gasteiger partial charge in [-0.1, -0.05) is 0 Å². The Kier molecular flexibility index (Phi) is 28.0. The largest absolute Gasteiger partial charge is 4.00 e. The molecular weight excluding hydrogens is 336 g/mol. The molecule has 0 atom stereocenters. The predicted molar refractivity (Wildman–Crippen MR) is 7.13 cm³/mol. The average Bonchev–Trinajstić information content (AvgIpc) is 0.722. The van der Waals surface area contributed by atoms with Crippen LogP contribution in [0.2, 0.25) is 0 Å². The summed E-state index contributed by atoms with van der Waals surface area (Å²) < 4.78 is 34.4. The van der Waals surface area contributed by atoms with Crippen LogP contribution in [0.4, 0.5) is 0 Å². The predicted octanol–water partition coefficient (Wildman–Crippen LogP) is -7.18. The van der Waals surface area contributed by atoms with E-state index in [9.17, 15) is 0 Å². The molecule has 0 aliphatic carbocycles. The van der Waals surface area contributed by atoms with Gasteiger partial charge in [-0.3, -0.25) is 0 Å². The molecule has 0 heterocycles. The third-order valence-corrected chi connectivity index (χ3v) is 0. The molecule has 0 saturated carbocycles. The van der Waals surface area contributed by atoms with Gasteiger partial charge in [-0.15, -0.1) is 0 Å². The first kappa shape index (κ1) is 22.4. The maximum Gasteiger partial charge on any atom is 4.00 e. The zero-order valence-corrected chi connectivity index (χ0v) is 13.7. The van der Waals surface area contributed by atoms with Crippen molar-refractivity contribution < 1.29 is 112 Å². The van der Waals surface area contributed by atoms with E-state index in [-0.39, 0.29) is 96.1 Å². The fourth-order valence-corrected chi connectivity index (χ4v) is 0. The summed E-state index contributed by atoms with van der Waals surface area (Å²) in [5, 5.41) is 0. The summed E-state index contributed by atoms with van der Waals surface area (Å²) >= 11 is -5.88. The summed E-state index contributed by atoms with van der Waals surface area (Å²) in [5.74, 6) is 0. The zero-order chi connectivity index (χ0) is 4.50. The molecule has 0 unspecified atom stereocenters. The molecule has 0 aromatic rings. The van der Waals surface area contributed by atoms with Crippen molar-refractivity contribution in [1.82, 2.24) is 0 Å². The molecule has 0 saturated heterocycles. The Morgan fingerprint density at radius 2 is 1.12 bits per heavy atom. The molecule has 5 nitrogen and oxygen atoms in total. The Morgan fingerprint density at radius 1 is 1.12 bits per heavy atom. The van der Waals surface area contributed by atoms with E-state index in [1.54, 1.807) is 0 Å². The first-order valence-corrected chi connectivity index (χ1v) is 3.79. The van der Waals surface area contributed by atoms with E-state index in [0.29, 0.717) is 0 Å². The molecule has 0 aliphatic heterocycles. The van der Waals surface area contributed by atoms with Crippen molar-refractivity contribution in [1.29, 1.82) is 0 Å². The first-order valence-electron chi connectivity index (χ1n) is 0.730. The standard InChI is InChI=1S/AsH3O4.Cs.O.Ti/c2-1(3,4)5;;;/h(H3,2,3,4,5);;;/q;+1;-2;+4/p-3. The molecule has 8 heavy (non-hydrogen) atoms. The van der Waals surface area contributed by atoms with Crippen LogP contribution in [0, 0.1) is 0 Å². The third kappa shape index (κ3) is 64.7. The quantitative estimate of drug-likeness (QED) is 0.409. The second-order valence-corrected chi connectivity index (χ2v) is 2.32. The average molecular weight is 336 g/mol. The fraction of sp³-hybridized carbons (Fsp3) is 0. The van der Waals surface area contributed by atoms with Gasteiger partial charge in [0.1, 0.15) is 0 Å². The molecule has 40 valence electrons. The van der Waals surface area contributed by atoms with Gasteiger partial charge in [-0.25, -0.2) is 0 Å². The van der Waals surface area contributed by atoms with Crippen molar-refractivity contribution in [3.63, 3.8) is 0 Å². The summed E-state index contributed by atoms with van der Waals surface area (Å²) in [6, 6.07) is 0. The van der Waals surface area contributed by atoms with Gasteiger partial charge in [0.15, 0.2) is 0 Å². The summed E-state index contributed by atoms with van der Waals surface area (Å²) in [4.78, 5) is 0. The van der Waals surface area contributed by atoms with Gasteiger partial charge in [-0.2, -0.15) is 0 Å². The summed E-state index contributed by atoms with van der Waals surface area (Å²) in [6.07, 6.45) is 0. The second kappa shape index (κ2) is 9.96. The van der Waals surface area contributed by atoms with Gasteiger partial charge in [0.05, 0.1) is 0 Å². The van der Waals surface area contributed by atoms with E-state index >= 15 is 0 Å².